The summed E-state index contributed by atoms with van der Waals surface area (Å²) in [5.41, 5.74) is 0. The van der Waals surface area contributed by atoms with Crippen LogP contribution in [0.5, 0.6) is 0 Å². The summed E-state index contributed by atoms with van der Waals surface area (Å²) in [6.07, 6.45) is 3.82. The van der Waals surface area contributed by atoms with Crippen LogP contribution in [0.2, 0.25) is 0 Å². The second kappa shape index (κ2) is 6.52. The van der Waals surface area contributed by atoms with Crippen molar-refractivity contribution in [1.29, 1.82) is 0 Å². The van der Waals surface area contributed by atoms with E-state index in [2.05, 4.69) is 12.6 Å². The Kier molecular flexibility index (Phi) is 6.81. The summed E-state index contributed by atoms with van der Waals surface area (Å²) in [6.45, 7) is 1.92. The molecule has 1 unspecified atom stereocenters. The van der Waals surface area contributed by atoms with Crippen molar-refractivity contribution in [3.05, 3.63) is 12.2 Å². The van der Waals surface area contributed by atoms with Gasteiger partial charge in [-0.2, -0.15) is 12.6 Å². The van der Waals surface area contributed by atoms with Gasteiger partial charge in [-0.1, -0.05) is 17.3 Å². The highest BCUT2D eigenvalue weighted by Crippen LogP contribution is 1.90. The Morgan fingerprint density at radius 3 is 2.67 bits per heavy atom. The van der Waals surface area contributed by atoms with E-state index < -0.39 is 11.2 Å². The maximum atomic E-state index is 10.7. The van der Waals surface area contributed by atoms with E-state index in [1.54, 1.807) is 0 Å². The fourth-order valence-electron chi connectivity index (χ4n) is 0.368. The van der Waals surface area contributed by atoms with Crippen molar-refractivity contribution < 1.29 is 4.55 Å². The molecule has 0 radical (unpaired) electrons. The molecule has 0 saturated carbocycles. The van der Waals surface area contributed by atoms with Crippen LogP contribution in [0.25, 0.3) is 0 Å². The zero-order chi connectivity index (χ0) is 7.11. The van der Waals surface area contributed by atoms with E-state index in [-0.39, 0.29) is 0 Å². The number of hydrogen-bond acceptors (Lipinski definition) is 2. The van der Waals surface area contributed by atoms with Gasteiger partial charge in [0.05, 0.1) is 0 Å². The smallest absolute Gasteiger partial charge is 0.123 e. The minimum Gasteiger partial charge on any atom is -0.616 e. The van der Waals surface area contributed by atoms with E-state index in [1.807, 2.05) is 19.1 Å². The number of thiol groups is 1. The molecule has 0 aromatic heterocycles. The minimum atomic E-state index is -0.649. The van der Waals surface area contributed by atoms with E-state index >= 15 is 0 Å². The molecule has 0 heterocycles. The third-order valence-corrected chi connectivity index (χ3v) is 2.30. The molecule has 0 fully saturated rings. The Labute approximate surface area is 65.1 Å². The van der Waals surface area contributed by atoms with Crippen LogP contribution in [0, 0.1) is 0 Å². The van der Waals surface area contributed by atoms with Crippen LogP contribution in [0.4, 0.5) is 0 Å². The number of hydrogen-bond donors (Lipinski definition) is 1. The minimum absolute atomic E-state index is 0.649. The molecule has 0 saturated heterocycles. The van der Waals surface area contributed by atoms with Crippen molar-refractivity contribution in [2.24, 2.45) is 0 Å². The Bertz CT molecular complexity index is 83.1. The second-order valence-corrected chi connectivity index (χ2v) is 3.70. The average molecular weight is 164 g/mol. The maximum Gasteiger partial charge on any atom is 0.123 e. The molecule has 0 amide bonds. The van der Waals surface area contributed by atoms with Gasteiger partial charge in [-0.3, -0.25) is 0 Å². The van der Waals surface area contributed by atoms with Gasteiger partial charge in [0, 0.05) is 5.75 Å². The summed E-state index contributed by atoms with van der Waals surface area (Å²) in [7, 11) is 0. The summed E-state index contributed by atoms with van der Waals surface area (Å²) in [6, 6.07) is 0. The van der Waals surface area contributed by atoms with E-state index in [9.17, 15) is 4.55 Å². The van der Waals surface area contributed by atoms with Crippen LogP contribution < -0.4 is 0 Å². The largest absolute Gasteiger partial charge is 0.616 e. The summed E-state index contributed by atoms with van der Waals surface area (Å²) in [5.74, 6) is 2.16. The van der Waals surface area contributed by atoms with Gasteiger partial charge in [0.15, 0.2) is 0 Å². The molecule has 3 heteroatoms. The first-order chi connectivity index (χ1) is 4.31. The van der Waals surface area contributed by atoms with Crippen molar-refractivity contribution in [1.82, 2.24) is 0 Å². The van der Waals surface area contributed by atoms with Crippen LogP contribution in [0.15, 0.2) is 12.2 Å². The van der Waals surface area contributed by atoms with E-state index in [1.165, 1.54) is 0 Å². The molecule has 0 aliphatic heterocycles. The Morgan fingerprint density at radius 1 is 1.56 bits per heavy atom. The topological polar surface area (TPSA) is 23.1 Å². The first kappa shape index (κ1) is 9.40. The Hall–Kier alpha value is 0.400. The van der Waals surface area contributed by atoms with E-state index in [0.717, 1.165) is 11.5 Å². The lowest BCUT2D eigenvalue weighted by Gasteiger charge is -2.03. The molecule has 1 atom stereocenters. The fourth-order valence-corrected chi connectivity index (χ4v) is 1.10. The van der Waals surface area contributed by atoms with E-state index in [0.29, 0.717) is 5.75 Å². The molecule has 1 nitrogen and oxygen atoms in total. The molecule has 0 spiro atoms. The standard InChI is InChI=1S/C6H12OS2/c1-2-9(7)6-4-3-5-8/h3-4,8H,2,5-6H2,1H3/b4-3+. The SMILES string of the molecule is CC[S+]([O-])C/C=C/CS. The van der Waals surface area contributed by atoms with Crippen molar-refractivity contribution in [2.75, 3.05) is 17.3 Å². The Morgan fingerprint density at radius 2 is 2.22 bits per heavy atom. The van der Waals surface area contributed by atoms with Gasteiger partial charge in [0.25, 0.3) is 0 Å². The predicted octanol–water partition coefficient (Wildman–Crippen LogP) is 1.24. The van der Waals surface area contributed by atoms with Crippen molar-refractivity contribution in [3.63, 3.8) is 0 Å². The lowest BCUT2D eigenvalue weighted by Crippen LogP contribution is -2.05. The Balaban J connectivity index is 3.15. The van der Waals surface area contributed by atoms with Crippen molar-refractivity contribution in [3.8, 4) is 0 Å². The third kappa shape index (κ3) is 6.28. The van der Waals surface area contributed by atoms with Gasteiger partial charge in [-0.05, 0) is 13.0 Å². The summed E-state index contributed by atoms with van der Waals surface area (Å²) in [5, 5.41) is 0. The molecular weight excluding hydrogens is 152 g/mol. The van der Waals surface area contributed by atoms with E-state index in [4.69, 9.17) is 0 Å². The first-order valence-corrected chi connectivity index (χ1v) is 5.04. The van der Waals surface area contributed by atoms with Crippen molar-refractivity contribution in [2.45, 2.75) is 6.92 Å². The molecule has 0 rings (SSSR count). The van der Waals surface area contributed by atoms with Crippen LogP contribution in [0.1, 0.15) is 6.92 Å². The third-order valence-electron chi connectivity index (χ3n) is 0.876. The summed E-state index contributed by atoms with van der Waals surface area (Å²) in [4.78, 5) is 0. The van der Waals surface area contributed by atoms with Gasteiger partial charge in [0.2, 0.25) is 0 Å². The number of rotatable bonds is 4. The summed E-state index contributed by atoms with van der Waals surface area (Å²) < 4.78 is 10.7. The van der Waals surface area contributed by atoms with Gasteiger partial charge < -0.3 is 4.55 Å². The lowest BCUT2D eigenvalue weighted by molar-refractivity contribution is 0.599. The zero-order valence-electron chi connectivity index (χ0n) is 5.54. The molecule has 54 valence electrons. The van der Waals surface area contributed by atoms with Crippen LogP contribution >= 0.6 is 12.6 Å². The second-order valence-electron chi connectivity index (χ2n) is 1.55. The molecule has 0 N–H and O–H groups in total. The van der Waals surface area contributed by atoms with Crippen LogP contribution in [-0.4, -0.2) is 21.8 Å². The predicted molar refractivity (Wildman–Crippen MR) is 46.5 cm³/mol. The van der Waals surface area contributed by atoms with Gasteiger partial charge in [-0.15, -0.1) is 0 Å². The molecule has 0 aromatic rings. The molecule has 0 aromatic carbocycles. The summed E-state index contributed by atoms with van der Waals surface area (Å²) >= 11 is 3.32. The quantitative estimate of drug-likeness (QED) is 0.377. The normalized spacial score (nSPS) is 14.6. The fraction of sp³-hybridized carbons (Fsp3) is 0.667. The van der Waals surface area contributed by atoms with Crippen LogP contribution in [-0.2, 0) is 11.2 Å². The average Bonchev–Trinajstić information content (AvgIpc) is 1.89. The molecule has 0 aliphatic rings. The molecule has 0 aliphatic carbocycles. The molecule has 9 heavy (non-hydrogen) atoms. The highest BCUT2D eigenvalue weighted by atomic mass is 32.2. The van der Waals surface area contributed by atoms with Gasteiger partial charge in [0.1, 0.15) is 11.5 Å². The molecular formula is C6H12OS2. The highest BCUT2D eigenvalue weighted by molar-refractivity contribution is 7.91. The van der Waals surface area contributed by atoms with Crippen LogP contribution in [0.3, 0.4) is 0 Å². The van der Waals surface area contributed by atoms with Crippen molar-refractivity contribution >= 4 is 23.8 Å². The highest BCUT2D eigenvalue weighted by Gasteiger charge is 1.94. The van der Waals surface area contributed by atoms with Gasteiger partial charge >= 0.3 is 0 Å². The first-order valence-electron chi connectivity index (χ1n) is 2.92. The van der Waals surface area contributed by atoms with Gasteiger partial charge in [-0.25, -0.2) is 0 Å². The monoisotopic (exact) mass is 164 g/mol. The molecule has 0 bridgehead atoms. The zero-order valence-corrected chi connectivity index (χ0v) is 7.25. The maximum absolute atomic E-state index is 10.7. The lowest BCUT2D eigenvalue weighted by atomic mass is 10.6.